The Morgan fingerprint density at radius 3 is 2.62 bits per heavy atom. The maximum absolute atomic E-state index is 11.6. The first-order chi connectivity index (χ1) is 12.5. The topological polar surface area (TPSA) is 102 Å². The van der Waals surface area contributed by atoms with Gasteiger partial charge in [0.05, 0.1) is 11.0 Å². The predicted octanol–water partition coefficient (Wildman–Crippen LogP) is 3.84. The van der Waals surface area contributed by atoms with Gasteiger partial charge in [0.2, 0.25) is 11.6 Å². The lowest BCUT2D eigenvalue weighted by Gasteiger charge is -2.13. The lowest BCUT2D eigenvalue weighted by molar-refractivity contribution is -0.383. The number of ether oxygens (including phenoxy) is 1. The number of rotatable bonds is 7. The summed E-state index contributed by atoms with van der Waals surface area (Å²) >= 11 is 0. The Balaban J connectivity index is 1.79. The summed E-state index contributed by atoms with van der Waals surface area (Å²) in [5.41, 5.74) is 1.77. The van der Waals surface area contributed by atoms with Crippen LogP contribution in [0.3, 0.4) is 0 Å². The van der Waals surface area contributed by atoms with Crippen molar-refractivity contribution in [2.45, 2.75) is 38.7 Å². The molecule has 26 heavy (non-hydrogen) atoms. The molecule has 1 aliphatic heterocycles. The second-order valence-electron chi connectivity index (χ2n) is 6.59. The molecule has 1 aliphatic rings. The number of nitro groups is 1. The van der Waals surface area contributed by atoms with Crippen molar-refractivity contribution in [2.24, 2.45) is 0 Å². The van der Waals surface area contributed by atoms with Gasteiger partial charge >= 0.3 is 5.69 Å². The van der Waals surface area contributed by atoms with Crippen molar-refractivity contribution in [3.63, 3.8) is 0 Å². The molecule has 1 aromatic heterocycles. The zero-order valence-electron chi connectivity index (χ0n) is 14.9. The summed E-state index contributed by atoms with van der Waals surface area (Å²) in [6, 6.07) is 7.77. The van der Waals surface area contributed by atoms with Gasteiger partial charge < -0.3 is 15.4 Å². The number of benzene rings is 1. The van der Waals surface area contributed by atoms with E-state index in [0.29, 0.717) is 12.5 Å². The molecular weight excluding hydrogens is 334 g/mol. The molecule has 0 spiro atoms. The fourth-order valence-corrected chi connectivity index (χ4v) is 2.88. The van der Waals surface area contributed by atoms with Crippen LogP contribution in [0.5, 0.6) is 0 Å². The van der Waals surface area contributed by atoms with Crippen molar-refractivity contribution in [3.8, 4) is 0 Å². The van der Waals surface area contributed by atoms with Crippen molar-refractivity contribution in [2.75, 3.05) is 23.8 Å². The van der Waals surface area contributed by atoms with E-state index in [-0.39, 0.29) is 23.4 Å². The van der Waals surface area contributed by atoms with Gasteiger partial charge in [-0.15, -0.1) is 0 Å². The number of aromatic nitrogens is 2. The van der Waals surface area contributed by atoms with E-state index in [1.54, 1.807) is 0 Å². The van der Waals surface area contributed by atoms with Crippen molar-refractivity contribution in [1.29, 1.82) is 0 Å². The molecule has 1 unspecified atom stereocenters. The highest BCUT2D eigenvalue weighted by Gasteiger charge is 2.24. The third-order valence-corrected chi connectivity index (χ3v) is 4.37. The summed E-state index contributed by atoms with van der Waals surface area (Å²) in [6.45, 7) is 5.45. The zero-order valence-corrected chi connectivity index (χ0v) is 14.9. The van der Waals surface area contributed by atoms with E-state index < -0.39 is 4.92 Å². The number of nitrogens with one attached hydrogen (secondary N) is 2. The predicted molar refractivity (Wildman–Crippen MR) is 100.0 cm³/mol. The highest BCUT2D eigenvalue weighted by atomic mass is 16.6. The van der Waals surface area contributed by atoms with E-state index >= 15 is 0 Å². The first-order valence-electron chi connectivity index (χ1n) is 8.76. The van der Waals surface area contributed by atoms with Crippen LogP contribution in [0.1, 0.15) is 38.2 Å². The molecular formula is C18H23N5O3. The summed E-state index contributed by atoms with van der Waals surface area (Å²) in [7, 11) is 0. The number of nitrogens with zero attached hydrogens (tertiary/aromatic N) is 3. The Morgan fingerprint density at radius 2 is 2.00 bits per heavy atom. The summed E-state index contributed by atoms with van der Waals surface area (Å²) in [5.74, 6) is 0.782. The second kappa shape index (κ2) is 8.09. The summed E-state index contributed by atoms with van der Waals surface area (Å²) < 4.78 is 5.54. The van der Waals surface area contributed by atoms with Gasteiger partial charge in [-0.05, 0) is 36.5 Å². The van der Waals surface area contributed by atoms with Gasteiger partial charge in [-0.2, -0.15) is 0 Å². The molecule has 3 rings (SSSR count). The highest BCUT2D eigenvalue weighted by molar-refractivity contribution is 5.73. The van der Waals surface area contributed by atoms with E-state index in [4.69, 9.17) is 4.74 Å². The summed E-state index contributed by atoms with van der Waals surface area (Å²) in [5, 5.41) is 17.6. The van der Waals surface area contributed by atoms with Gasteiger partial charge in [0.15, 0.2) is 0 Å². The van der Waals surface area contributed by atoms with Gasteiger partial charge in [0, 0.05) is 18.8 Å². The highest BCUT2D eigenvalue weighted by Crippen LogP contribution is 2.31. The standard InChI is InChI=1S/C18H23N5O3/c1-12(2)13-5-7-14(8-6-13)22-18-16(23(24)25)17(20-11-21-18)19-10-15-4-3-9-26-15/h5-8,11-12,15H,3-4,9-10H2,1-2H3,(H2,19,20,21,22). The van der Waals surface area contributed by atoms with Crippen LogP contribution in [0.4, 0.5) is 23.0 Å². The molecule has 0 saturated carbocycles. The molecule has 2 N–H and O–H groups in total. The quantitative estimate of drug-likeness (QED) is 0.573. The summed E-state index contributed by atoms with van der Waals surface area (Å²) in [4.78, 5) is 19.2. The van der Waals surface area contributed by atoms with Crippen LogP contribution in [-0.4, -0.2) is 34.1 Å². The van der Waals surface area contributed by atoms with Crippen LogP contribution in [0, 0.1) is 10.1 Å². The van der Waals surface area contributed by atoms with Crippen LogP contribution >= 0.6 is 0 Å². The smallest absolute Gasteiger partial charge is 0.353 e. The maximum atomic E-state index is 11.6. The lowest BCUT2D eigenvalue weighted by atomic mass is 10.0. The molecule has 0 bridgehead atoms. The normalized spacial score (nSPS) is 16.7. The Kier molecular flexibility index (Phi) is 5.62. The minimum Gasteiger partial charge on any atom is -0.376 e. The van der Waals surface area contributed by atoms with E-state index in [9.17, 15) is 10.1 Å². The number of anilines is 3. The fraction of sp³-hybridized carbons (Fsp3) is 0.444. The van der Waals surface area contributed by atoms with E-state index in [0.717, 1.165) is 25.1 Å². The maximum Gasteiger partial charge on any atom is 0.353 e. The van der Waals surface area contributed by atoms with Crippen molar-refractivity contribution in [1.82, 2.24) is 9.97 Å². The van der Waals surface area contributed by atoms with Crippen molar-refractivity contribution < 1.29 is 9.66 Å². The number of hydrogen-bond acceptors (Lipinski definition) is 7. The van der Waals surface area contributed by atoms with Crippen LogP contribution in [0.25, 0.3) is 0 Å². The minimum atomic E-state index is -0.470. The molecule has 1 fully saturated rings. The van der Waals surface area contributed by atoms with Crippen molar-refractivity contribution in [3.05, 3.63) is 46.3 Å². The number of hydrogen-bond donors (Lipinski definition) is 2. The van der Waals surface area contributed by atoms with Crippen LogP contribution in [0.15, 0.2) is 30.6 Å². The van der Waals surface area contributed by atoms with Gasteiger partial charge in [-0.3, -0.25) is 10.1 Å². The molecule has 0 radical (unpaired) electrons. The Hall–Kier alpha value is -2.74. The third-order valence-electron chi connectivity index (χ3n) is 4.37. The van der Waals surface area contributed by atoms with Crippen molar-refractivity contribution >= 4 is 23.0 Å². The average molecular weight is 357 g/mol. The van der Waals surface area contributed by atoms with Crippen LogP contribution in [0.2, 0.25) is 0 Å². The monoisotopic (exact) mass is 357 g/mol. The largest absolute Gasteiger partial charge is 0.376 e. The van der Waals surface area contributed by atoms with E-state index in [2.05, 4.69) is 34.4 Å². The van der Waals surface area contributed by atoms with Gasteiger partial charge in [0.1, 0.15) is 6.33 Å². The van der Waals surface area contributed by atoms with Gasteiger partial charge in [-0.25, -0.2) is 9.97 Å². The summed E-state index contributed by atoms with van der Waals surface area (Å²) in [6.07, 6.45) is 3.33. The van der Waals surface area contributed by atoms with Gasteiger partial charge in [0.25, 0.3) is 0 Å². The molecule has 2 aromatic rings. The minimum absolute atomic E-state index is 0.0598. The van der Waals surface area contributed by atoms with Crippen LogP contribution in [-0.2, 0) is 4.74 Å². The Labute approximate surface area is 152 Å². The molecule has 8 nitrogen and oxygen atoms in total. The fourth-order valence-electron chi connectivity index (χ4n) is 2.88. The van der Waals surface area contributed by atoms with Gasteiger partial charge in [-0.1, -0.05) is 26.0 Å². The molecule has 8 heteroatoms. The second-order valence-corrected chi connectivity index (χ2v) is 6.59. The SMILES string of the molecule is CC(C)c1ccc(Nc2ncnc(NCC3CCCO3)c2[N+](=O)[O-])cc1. The zero-order chi connectivity index (χ0) is 18.5. The first-order valence-corrected chi connectivity index (χ1v) is 8.76. The van der Waals surface area contributed by atoms with E-state index in [1.807, 2.05) is 24.3 Å². The Morgan fingerprint density at radius 1 is 1.27 bits per heavy atom. The molecule has 0 amide bonds. The lowest BCUT2D eigenvalue weighted by Crippen LogP contribution is -2.20. The molecule has 1 atom stereocenters. The third kappa shape index (κ3) is 4.26. The molecule has 1 saturated heterocycles. The first kappa shape index (κ1) is 18.1. The molecule has 0 aliphatic carbocycles. The average Bonchev–Trinajstić information content (AvgIpc) is 3.14. The van der Waals surface area contributed by atoms with Crippen LogP contribution < -0.4 is 10.6 Å². The van der Waals surface area contributed by atoms with E-state index in [1.165, 1.54) is 11.9 Å². The molecule has 138 valence electrons. The molecule has 1 aromatic carbocycles. The Bertz CT molecular complexity index is 758. The molecule has 2 heterocycles.